The summed E-state index contributed by atoms with van der Waals surface area (Å²) in [5.74, 6) is -0.383. The number of carbonyl (C=O) groups excluding carboxylic acids is 2. The molecule has 0 radical (unpaired) electrons. The highest BCUT2D eigenvalue weighted by Crippen LogP contribution is 2.54. The predicted molar refractivity (Wildman–Crippen MR) is 126 cm³/mol. The zero-order valence-corrected chi connectivity index (χ0v) is 21.7. The van der Waals surface area contributed by atoms with Gasteiger partial charge in [0.25, 0.3) is 0 Å². The van der Waals surface area contributed by atoms with Crippen LogP contribution in [-0.2, 0) is 9.59 Å². The molecular formula is C20H22Cl4O2Si2. The maximum Gasteiger partial charge on any atom is 0.205 e. The number of hydrogen-bond donors (Lipinski definition) is 0. The Bertz CT molecular complexity index is 880. The molecule has 2 nitrogen and oxygen atoms in total. The Morgan fingerprint density at radius 2 is 0.857 bits per heavy atom. The van der Waals surface area contributed by atoms with E-state index in [4.69, 9.17) is 46.4 Å². The van der Waals surface area contributed by atoms with Crippen LogP contribution >= 0.6 is 46.4 Å². The molecule has 0 amide bonds. The first-order chi connectivity index (χ1) is 12.5. The first kappa shape index (κ1) is 22.3. The fraction of sp³-hybridized carbons (Fsp3) is 0.400. The third-order valence-electron chi connectivity index (χ3n) is 5.11. The number of benzene rings is 1. The van der Waals surface area contributed by atoms with Crippen molar-refractivity contribution in [3.05, 3.63) is 45.8 Å². The van der Waals surface area contributed by atoms with Gasteiger partial charge in [-0.05, 0) is 21.5 Å². The summed E-state index contributed by atoms with van der Waals surface area (Å²) < 4.78 is -3.01. The minimum Gasteiger partial charge on any atom is -0.291 e. The van der Waals surface area contributed by atoms with Crippen LogP contribution in [0.1, 0.15) is 11.1 Å². The maximum atomic E-state index is 12.5. The largest absolute Gasteiger partial charge is 0.291 e. The Morgan fingerprint density at radius 3 is 1.07 bits per heavy atom. The van der Waals surface area contributed by atoms with Crippen LogP contribution in [-0.4, -0.2) is 36.4 Å². The van der Waals surface area contributed by atoms with Crippen LogP contribution in [0.4, 0.5) is 0 Å². The Hall–Kier alpha value is -0.366. The van der Waals surface area contributed by atoms with Crippen molar-refractivity contribution in [1.82, 2.24) is 0 Å². The highest BCUT2D eigenvalue weighted by Gasteiger charge is 2.56. The predicted octanol–water partition coefficient (Wildman–Crippen LogP) is 6.46. The van der Waals surface area contributed by atoms with Crippen molar-refractivity contribution in [2.75, 3.05) is 0 Å². The highest BCUT2D eigenvalue weighted by molar-refractivity contribution is 6.94. The molecule has 3 rings (SSSR count). The average molecular weight is 492 g/mol. The molecule has 0 saturated carbocycles. The lowest BCUT2D eigenvalue weighted by Crippen LogP contribution is -2.49. The molecule has 8 heteroatoms. The molecule has 1 aromatic carbocycles. The molecule has 0 unspecified atom stereocenters. The summed E-state index contributed by atoms with van der Waals surface area (Å²) >= 11 is 25.3. The summed E-state index contributed by atoms with van der Waals surface area (Å²) in [5.41, 5.74) is 3.00. The van der Waals surface area contributed by atoms with E-state index < -0.39 is 24.8 Å². The number of alkyl halides is 4. The van der Waals surface area contributed by atoms with Crippen molar-refractivity contribution in [3.8, 4) is 0 Å². The Kier molecular flexibility index (Phi) is 5.23. The van der Waals surface area contributed by atoms with E-state index in [1.54, 1.807) is 0 Å². The van der Waals surface area contributed by atoms with Gasteiger partial charge < -0.3 is 0 Å². The van der Waals surface area contributed by atoms with Gasteiger partial charge in [-0.1, -0.05) is 110 Å². The molecule has 1 aromatic rings. The number of Topliss-reactive ketones (excluding diaryl/α,β-unsaturated/α-hetero) is 2. The molecule has 0 N–H and O–H groups in total. The van der Waals surface area contributed by atoms with E-state index in [1.165, 1.54) is 0 Å². The Labute approximate surface area is 187 Å². The maximum absolute atomic E-state index is 12.5. The van der Waals surface area contributed by atoms with Gasteiger partial charge in [-0.25, -0.2) is 0 Å². The molecule has 2 aliphatic carbocycles. The number of allylic oxidation sites excluding steroid dienone is 4. The molecule has 150 valence electrons. The monoisotopic (exact) mass is 490 g/mol. The third kappa shape index (κ3) is 3.21. The van der Waals surface area contributed by atoms with Crippen molar-refractivity contribution in [2.45, 2.75) is 47.9 Å². The van der Waals surface area contributed by atoms with Gasteiger partial charge in [0.05, 0.1) is 16.1 Å². The lowest BCUT2D eigenvalue weighted by molar-refractivity contribution is -0.116. The summed E-state index contributed by atoms with van der Waals surface area (Å²) in [4.78, 5) is 24.9. The Morgan fingerprint density at radius 1 is 0.607 bits per heavy atom. The minimum absolute atomic E-state index is 0.192. The molecule has 2 aliphatic rings. The summed E-state index contributed by atoms with van der Waals surface area (Å²) in [6.07, 6.45) is 0. The minimum atomic E-state index is -1.90. The fourth-order valence-corrected chi connectivity index (χ4v) is 9.57. The molecule has 0 bridgehead atoms. The van der Waals surface area contributed by atoms with E-state index in [2.05, 4.69) is 39.3 Å². The lowest BCUT2D eigenvalue weighted by Gasteiger charge is -2.41. The molecular weight excluding hydrogens is 470 g/mol. The second-order valence-corrected chi connectivity index (χ2v) is 22.0. The van der Waals surface area contributed by atoms with E-state index in [9.17, 15) is 9.59 Å². The molecule has 0 spiro atoms. The molecule has 0 atom stereocenters. The van der Waals surface area contributed by atoms with Gasteiger partial charge in [0.15, 0.2) is 11.6 Å². The van der Waals surface area contributed by atoms with Crippen LogP contribution in [0, 0.1) is 0 Å². The van der Waals surface area contributed by atoms with Gasteiger partial charge in [-0.3, -0.25) is 9.59 Å². The molecule has 0 fully saturated rings. The summed E-state index contributed by atoms with van der Waals surface area (Å²) in [6, 6.07) is 7.49. The lowest BCUT2D eigenvalue weighted by atomic mass is 9.85. The first-order valence-corrected chi connectivity index (χ1v) is 17.5. The Balaban J connectivity index is 2.11. The van der Waals surface area contributed by atoms with E-state index in [0.717, 1.165) is 21.5 Å². The number of halogens is 4. The number of ketones is 2. The number of rotatable bonds is 4. The van der Waals surface area contributed by atoms with Crippen molar-refractivity contribution in [3.63, 3.8) is 0 Å². The van der Waals surface area contributed by atoms with Gasteiger partial charge in [0, 0.05) is 11.1 Å². The van der Waals surface area contributed by atoms with E-state index >= 15 is 0 Å². The SMILES string of the molecule is C[Si](C)(C)C1=C(c2ccc(C3=C([Si](C)(C)C)C(=O)C3(Cl)Cl)cc2)C(Cl)(Cl)C1=O. The average Bonchev–Trinajstić information content (AvgIpc) is 2.54. The van der Waals surface area contributed by atoms with Gasteiger partial charge >= 0.3 is 0 Å². The molecule has 0 aromatic heterocycles. The molecule has 0 aliphatic heterocycles. The van der Waals surface area contributed by atoms with E-state index in [-0.39, 0.29) is 11.6 Å². The van der Waals surface area contributed by atoms with Crippen molar-refractivity contribution >= 4 is 85.3 Å². The van der Waals surface area contributed by atoms with Crippen LogP contribution in [0.5, 0.6) is 0 Å². The van der Waals surface area contributed by atoms with Gasteiger partial charge in [0.2, 0.25) is 8.67 Å². The standard InChI is InChI=1S/C20H22Cl4O2Si2/c1-27(2,3)15-13(19(21,22)17(15)25)11-7-9-12(10-8-11)14-16(28(4,5)6)18(26)20(14,23)24/h7-10H,1-6H3. The zero-order valence-electron chi connectivity index (χ0n) is 16.6. The number of carbonyl (C=O) groups is 2. The summed E-state index contributed by atoms with van der Waals surface area (Å²) in [7, 11) is -3.80. The third-order valence-corrected chi connectivity index (χ3v) is 10.5. The van der Waals surface area contributed by atoms with Crippen LogP contribution in [0.15, 0.2) is 34.7 Å². The zero-order chi connectivity index (χ0) is 21.4. The van der Waals surface area contributed by atoms with E-state index in [1.807, 2.05) is 24.3 Å². The van der Waals surface area contributed by atoms with Crippen LogP contribution < -0.4 is 0 Å². The quantitative estimate of drug-likeness (QED) is 0.357. The smallest absolute Gasteiger partial charge is 0.205 e. The van der Waals surface area contributed by atoms with Crippen LogP contribution in [0.25, 0.3) is 11.1 Å². The van der Waals surface area contributed by atoms with Crippen molar-refractivity contribution < 1.29 is 9.59 Å². The topological polar surface area (TPSA) is 34.1 Å². The second-order valence-electron chi connectivity index (χ2n) is 9.38. The summed E-state index contributed by atoms with van der Waals surface area (Å²) in [6.45, 7) is 12.6. The van der Waals surface area contributed by atoms with Crippen molar-refractivity contribution in [1.29, 1.82) is 0 Å². The van der Waals surface area contributed by atoms with Crippen LogP contribution in [0.3, 0.4) is 0 Å². The second kappa shape index (κ2) is 6.56. The molecule has 0 heterocycles. The van der Waals surface area contributed by atoms with E-state index in [0.29, 0.717) is 11.1 Å². The summed E-state index contributed by atoms with van der Waals surface area (Å²) in [5, 5.41) is 1.55. The molecule has 28 heavy (non-hydrogen) atoms. The van der Waals surface area contributed by atoms with Gasteiger partial charge in [-0.15, -0.1) is 0 Å². The molecule has 0 saturated heterocycles. The van der Waals surface area contributed by atoms with Crippen molar-refractivity contribution in [2.24, 2.45) is 0 Å². The van der Waals surface area contributed by atoms with Gasteiger partial charge in [0.1, 0.15) is 0 Å². The highest BCUT2D eigenvalue weighted by atomic mass is 35.5. The van der Waals surface area contributed by atoms with Gasteiger partial charge in [-0.2, -0.15) is 0 Å². The normalized spacial score (nSPS) is 21.6. The van der Waals surface area contributed by atoms with Crippen LogP contribution in [0.2, 0.25) is 39.3 Å². The first-order valence-electron chi connectivity index (χ1n) is 8.99. The fourth-order valence-electron chi connectivity index (χ4n) is 3.84. The number of hydrogen-bond acceptors (Lipinski definition) is 2.